The molecule has 0 bridgehead atoms. The second kappa shape index (κ2) is 3.17. The minimum absolute atomic E-state index is 0.114. The van der Waals surface area contributed by atoms with Crippen LogP contribution in [0.15, 0.2) is 12.1 Å². The van der Waals surface area contributed by atoms with Crippen molar-refractivity contribution in [3.05, 3.63) is 29.3 Å². The molecule has 0 saturated carbocycles. The van der Waals surface area contributed by atoms with Crippen molar-refractivity contribution in [3.8, 4) is 0 Å². The first kappa shape index (κ1) is 10.0. The number of hydrogen-bond donors (Lipinski definition) is 0. The van der Waals surface area contributed by atoms with Gasteiger partial charge in [0, 0.05) is 13.1 Å². The van der Waals surface area contributed by atoms with Crippen LogP contribution in [0.4, 0.5) is 14.5 Å². The van der Waals surface area contributed by atoms with Gasteiger partial charge in [0.15, 0.2) is 0 Å². The molecule has 0 unspecified atom stereocenters. The van der Waals surface area contributed by atoms with Gasteiger partial charge in [0.05, 0.1) is 18.6 Å². The van der Waals surface area contributed by atoms with Gasteiger partial charge in [-0.15, -0.1) is 0 Å². The summed E-state index contributed by atoms with van der Waals surface area (Å²) in [4.78, 5) is 1.76. The quantitative estimate of drug-likeness (QED) is 0.725. The van der Waals surface area contributed by atoms with Crippen molar-refractivity contribution in [1.29, 1.82) is 0 Å². The van der Waals surface area contributed by atoms with Crippen molar-refractivity contribution in [2.24, 2.45) is 5.41 Å². The molecule has 0 aromatic heterocycles. The fourth-order valence-electron chi connectivity index (χ4n) is 2.49. The van der Waals surface area contributed by atoms with E-state index in [1.165, 1.54) is 12.1 Å². The molecular formula is C12H13F2NO. The summed E-state index contributed by atoms with van der Waals surface area (Å²) in [5, 5.41) is 0. The summed E-state index contributed by atoms with van der Waals surface area (Å²) in [6, 6.07) is 2.75. The highest BCUT2D eigenvalue weighted by molar-refractivity contribution is 5.53. The fourth-order valence-corrected chi connectivity index (χ4v) is 2.49. The van der Waals surface area contributed by atoms with Crippen molar-refractivity contribution in [2.75, 3.05) is 31.2 Å². The van der Waals surface area contributed by atoms with Crippen LogP contribution in [0.3, 0.4) is 0 Å². The maximum Gasteiger partial charge on any atom is 0.149 e. The summed E-state index contributed by atoms with van der Waals surface area (Å²) in [6.07, 6.45) is 0. The van der Waals surface area contributed by atoms with Crippen LogP contribution in [0, 0.1) is 24.0 Å². The van der Waals surface area contributed by atoms with E-state index in [9.17, 15) is 8.78 Å². The zero-order valence-corrected chi connectivity index (χ0v) is 9.09. The van der Waals surface area contributed by atoms with Gasteiger partial charge in [-0.3, -0.25) is 0 Å². The average Bonchev–Trinajstić information content (AvgIpc) is 2.03. The summed E-state index contributed by atoms with van der Waals surface area (Å²) in [5.41, 5.74) is 0.896. The molecule has 0 radical (unpaired) electrons. The molecule has 2 heterocycles. The highest BCUT2D eigenvalue weighted by Crippen LogP contribution is 2.41. The predicted molar refractivity (Wildman–Crippen MR) is 56.6 cm³/mol. The van der Waals surface area contributed by atoms with Crippen LogP contribution in [-0.2, 0) is 4.74 Å². The molecule has 2 aliphatic heterocycles. The van der Waals surface area contributed by atoms with Crippen molar-refractivity contribution < 1.29 is 13.5 Å². The monoisotopic (exact) mass is 225 g/mol. The van der Waals surface area contributed by atoms with Gasteiger partial charge in [0.1, 0.15) is 17.3 Å². The smallest absolute Gasteiger partial charge is 0.149 e. The third kappa shape index (κ3) is 1.33. The molecule has 0 N–H and O–H groups in total. The van der Waals surface area contributed by atoms with E-state index in [2.05, 4.69) is 0 Å². The number of ether oxygens (including phenoxy) is 1. The van der Waals surface area contributed by atoms with E-state index in [4.69, 9.17) is 4.74 Å². The summed E-state index contributed by atoms with van der Waals surface area (Å²) in [5.74, 6) is -0.930. The standard InChI is InChI=1S/C12H13F2NO/c1-8-2-9(13)11(10(14)3-8)15-4-12(5-15)6-16-7-12/h2-3H,4-7H2,1H3. The molecule has 4 heteroatoms. The van der Waals surface area contributed by atoms with Crippen LogP contribution < -0.4 is 4.90 Å². The molecule has 1 aromatic rings. The molecule has 16 heavy (non-hydrogen) atoms. The zero-order chi connectivity index (χ0) is 11.3. The molecule has 0 amide bonds. The molecule has 1 aromatic carbocycles. The third-order valence-corrected chi connectivity index (χ3v) is 3.35. The molecule has 0 aliphatic carbocycles. The Hall–Kier alpha value is -1.16. The number of halogens is 2. The van der Waals surface area contributed by atoms with E-state index >= 15 is 0 Å². The molecule has 2 saturated heterocycles. The van der Waals surface area contributed by atoms with Crippen LogP contribution in [0.2, 0.25) is 0 Å². The number of benzene rings is 1. The first-order valence-corrected chi connectivity index (χ1v) is 5.38. The lowest BCUT2D eigenvalue weighted by molar-refractivity contribution is -0.127. The van der Waals surface area contributed by atoms with Crippen molar-refractivity contribution in [3.63, 3.8) is 0 Å². The van der Waals surface area contributed by atoms with E-state index in [0.717, 1.165) is 13.2 Å². The van der Waals surface area contributed by atoms with Crippen LogP contribution in [0.1, 0.15) is 5.56 Å². The Morgan fingerprint density at radius 2 is 1.75 bits per heavy atom. The number of aryl methyl sites for hydroxylation is 1. The first-order chi connectivity index (χ1) is 7.60. The SMILES string of the molecule is Cc1cc(F)c(N2CC3(COC3)C2)c(F)c1. The Labute approximate surface area is 92.8 Å². The van der Waals surface area contributed by atoms with Gasteiger partial charge in [-0.05, 0) is 24.6 Å². The van der Waals surface area contributed by atoms with Crippen LogP contribution in [0.25, 0.3) is 0 Å². The Balaban J connectivity index is 1.85. The van der Waals surface area contributed by atoms with Gasteiger partial charge in [0.25, 0.3) is 0 Å². The maximum atomic E-state index is 13.6. The van der Waals surface area contributed by atoms with Crippen LogP contribution >= 0.6 is 0 Å². The van der Waals surface area contributed by atoms with E-state index in [0.29, 0.717) is 18.7 Å². The first-order valence-electron chi connectivity index (χ1n) is 5.38. The minimum atomic E-state index is -0.465. The predicted octanol–water partition coefficient (Wildman–Crippen LogP) is 2.11. The van der Waals surface area contributed by atoms with Crippen LogP contribution in [-0.4, -0.2) is 26.3 Å². The minimum Gasteiger partial charge on any atom is -0.380 e. The Morgan fingerprint density at radius 3 is 2.19 bits per heavy atom. The van der Waals surface area contributed by atoms with Gasteiger partial charge < -0.3 is 9.64 Å². The Morgan fingerprint density at radius 1 is 1.19 bits per heavy atom. The summed E-state index contributed by atoms with van der Waals surface area (Å²) in [6.45, 7) is 4.53. The molecule has 2 aliphatic rings. The number of nitrogens with zero attached hydrogens (tertiary/aromatic N) is 1. The van der Waals surface area contributed by atoms with Gasteiger partial charge in [-0.1, -0.05) is 0 Å². The van der Waals surface area contributed by atoms with Gasteiger partial charge in [0.2, 0.25) is 0 Å². The molecule has 1 spiro atoms. The lowest BCUT2D eigenvalue weighted by atomic mass is 9.77. The number of rotatable bonds is 1. The normalized spacial score (nSPS) is 21.8. The molecular weight excluding hydrogens is 212 g/mol. The lowest BCUT2D eigenvalue weighted by Gasteiger charge is -2.55. The number of anilines is 1. The second-order valence-electron chi connectivity index (χ2n) is 4.93. The van der Waals surface area contributed by atoms with Crippen molar-refractivity contribution in [1.82, 2.24) is 0 Å². The summed E-state index contributed by atoms with van der Waals surface area (Å²) in [7, 11) is 0. The van der Waals surface area contributed by atoms with Gasteiger partial charge in [-0.2, -0.15) is 0 Å². The average molecular weight is 225 g/mol. The fraction of sp³-hybridized carbons (Fsp3) is 0.500. The molecule has 2 fully saturated rings. The summed E-state index contributed by atoms with van der Waals surface area (Å²) >= 11 is 0. The number of hydrogen-bond acceptors (Lipinski definition) is 2. The van der Waals surface area contributed by atoms with E-state index in [-0.39, 0.29) is 11.1 Å². The Kier molecular flexibility index (Phi) is 1.98. The van der Waals surface area contributed by atoms with Gasteiger partial charge in [-0.25, -0.2) is 8.78 Å². The highest BCUT2D eigenvalue weighted by atomic mass is 19.1. The maximum absolute atomic E-state index is 13.6. The van der Waals surface area contributed by atoms with Crippen molar-refractivity contribution >= 4 is 5.69 Å². The third-order valence-electron chi connectivity index (χ3n) is 3.35. The Bertz CT molecular complexity index is 412. The molecule has 86 valence electrons. The zero-order valence-electron chi connectivity index (χ0n) is 9.09. The largest absolute Gasteiger partial charge is 0.380 e. The molecule has 3 rings (SSSR count). The molecule has 0 atom stereocenters. The summed E-state index contributed by atoms with van der Waals surface area (Å²) < 4.78 is 32.4. The molecule has 2 nitrogen and oxygen atoms in total. The van der Waals surface area contributed by atoms with E-state index < -0.39 is 11.6 Å². The second-order valence-corrected chi connectivity index (χ2v) is 4.93. The van der Waals surface area contributed by atoms with Crippen molar-refractivity contribution in [2.45, 2.75) is 6.92 Å². The highest BCUT2D eigenvalue weighted by Gasteiger charge is 2.50. The van der Waals surface area contributed by atoms with Gasteiger partial charge >= 0.3 is 0 Å². The topological polar surface area (TPSA) is 12.5 Å². The van der Waals surface area contributed by atoms with E-state index in [1.807, 2.05) is 0 Å². The lowest BCUT2D eigenvalue weighted by Crippen LogP contribution is -2.66. The van der Waals surface area contributed by atoms with E-state index in [1.54, 1.807) is 11.8 Å². The van der Waals surface area contributed by atoms with Crippen LogP contribution in [0.5, 0.6) is 0 Å².